The highest BCUT2D eigenvalue weighted by molar-refractivity contribution is 6.23. The number of nitrogens with zero attached hydrogens (tertiary/aromatic N) is 3. The molecule has 0 radical (unpaired) electrons. The first-order valence-corrected chi connectivity index (χ1v) is 7.53. The highest BCUT2D eigenvalue weighted by atomic mass is 16.2. The molecule has 124 valence electrons. The first kappa shape index (κ1) is 15.0. The fourth-order valence-corrected chi connectivity index (χ4v) is 2.90. The van der Waals surface area contributed by atoms with E-state index in [4.69, 9.17) is 5.73 Å². The highest BCUT2D eigenvalue weighted by Gasteiger charge is 2.31. The van der Waals surface area contributed by atoms with Gasteiger partial charge < -0.3 is 5.73 Å². The second-order valence-corrected chi connectivity index (χ2v) is 5.84. The van der Waals surface area contributed by atoms with Crippen molar-refractivity contribution in [1.29, 1.82) is 0 Å². The van der Waals surface area contributed by atoms with Crippen molar-refractivity contribution in [3.63, 3.8) is 0 Å². The van der Waals surface area contributed by atoms with Crippen LogP contribution in [0.5, 0.6) is 0 Å². The monoisotopic (exact) mass is 335 g/mol. The van der Waals surface area contributed by atoms with Crippen LogP contribution < -0.4 is 16.6 Å². The number of benzene rings is 1. The van der Waals surface area contributed by atoms with Crippen LogP contribution >= 0.6 is 0 Å². The summed E-state index contributed by atoms with van der Waals surface area (Å²) in [4.78, 5) is 45.0. The number of aromatic nitrogens is 3. The summed E-state index contributed by atoms with van der Waals surface area (Å²) in [6, 6.07) is 6.19. The van der Waals surface area contributed by atoms with Crippen molar-refractivity contribution in [3.8, 4) is 5.69 Å². The molecule has 0 saturated carbocycles. The Hall–Kier alpha value is -3.55. The molecular weight excluding hydrogens is 322 g/mol. The van der Waals surface area contributed by atoms with Gasteiger partial charge in [0.05, 0.1) is 39.2 Å². The molecule has 0 saturated heterocycles. The van der Waals surface area contributed by atoms with Crippen molar-refractivity contribution < 1.29 is 9.59 Å². The molecule has 25 heavy (non-hydrogen) atoms. The lowest BCUT2D eigenvalue weighted by molar-refractivity contribution is 0.0880. The van der Waals surface area contributed by atoms with Crippen LogP contribution in [0.2, 0.25) is 0 Å². The molecule has 0 aliphatic carbocycles. The lowest BCUT2D eigenvalue weighted by Crippen LogP contribution is -2.24. The molecule has 4 rings (SSSR count). The van der Waals surface area contributed by atoms with E-state index < -0.39 is 17.4 Å². The number of fused-ring (bicyclic) bond motifs is 2. The summed E-state index contributed by atoms with van der Waals surface area (Å²) in [5.41, 5.74) is 8.88. The number of hydrogen-bond acceptors (Lipinski definition) is 6. The summed E-state index contributed by atoms with van der Waals surface area (Å²) in [5.74, 6) is -1.31. The number of rotatable bonds is 1. The molecule has 8 heteroatoms. The van der Waals surface area contributed by atoms with Gasteiger partial charge in [-0.2, -0.15) is 0 Å². The zero-order valence-corrected chi connectivity index (χ0v) is 13.5. The Balaban J connectivity index is 2.00. The van der Waals surface area contributed by atoms with E-state index in [0.717, 1.165) is 17.5 Å². The van der Waals surface area contributed by atoms with E-state index in [0.29, 0.717) is 16.7 Å². The van der Waals surface area contributed by atoms with E-state index in [1.807, 2.05) is 13.8 Å². The van der Waals surface area contributed by atoms with Crippen LogP contribution in [0, 0.1) is 13.8 Å². The Morgan fingerprint density at radius 2 is 1.64 bits per heavy atom. The molecule has 2 aromatic heterocycles. The maximum Gasteiger partial charge on any atom is 0.262 e. The van der Waals surface area contributed by atoms with Gasteiger partial charge in [-0.1, -0.05) is 0 Å². The molecule has 0 atom stereocenters. The summed E-state index contributed by atoms with van der Waals surface area (Å²) in [5, 5.41) is 2.14. The zero-order valence-electron chi connectivity index (χ0n) is 13.5. The minimum atomic E-state index is -0.619. The van der Waals surface area contributed by atoms with Gasteiger partial charge in [-0.25, -0.2) is 9.97 Å². The summed E-state index contributed by atoms with van der Waals surface area (Å²) in [7, 11) is 0. The Morgan fingerprint density at radius 1 is 0.960 bits per heavy atom. The Kier molecular flexibility index (Phi) is 2.98. The van der Waals surface area contributed by atoms with Gasteiger partial charge in [-0.3, -0.25) is 24.3 Å². The van der Waals surface area contributed by atoms with Crippen LogP contribution in [0.3, 0.4) is 0 Å². The largest absolute Gasteiger partial charge is 0.384 e. The molecule has 3 heterocycles. The summed E-state index contributed by atoms with van der Waals surface area (Å²) in [6.07, 6.45) is 0. The van der Waals surface area contributed by atoms with Crippen molar-refractivity contribution in [2.45, 2.75) is 13.8 Å². The van der Waals surface area contributed by atoms with Crippen molar-refractivity contribution >= 4 is 28.7 Å². The number of amides is 2. The van der Waals surface area contributed by atoms with E-state index >= 15 is 0 Å². The number of anilines is 1. The summed E-state index contributed by atoms with van der Waals surface area (Å²) in [6.45, 7) is 3.72. The quantitative estimate of drug-likeness (QED) is 0.637. The van der Waals surface area contributed by atoms with Crippen molar-refractivity contribution in [2.24, 2.45) is 0 Å². The third-order valence-corrected chi connectivity index (χ3v) is 4.27. The lowest BCUT2D eigenvalue weighted by atomic mass is 10.1. The SMILES string of the molecule is Cc1nc2ccc(-n3c(N)c4c(cc3=O)C(=O)NC4=O)cc2nc1C. The number of aryl methyl sites for hydroxylation is 2. The van der Waals surface area contributed by atoms with E-state index in [1.54, 1.807) is 18.2 Å². The van der Waals surface area contributed by atoms with Crippen LogP contribution in [0.15, 0.2) is 29.1 Å². The molecule has 1 aromatic carbocycles. The molecule has 1 aliphatic heterocycles. The third kappa shape index (κ3) is 2.11. The number of carbonyl (C=O) groups is 2. The first-order valence-electron chi connectivity index (χ1n) is 7.53. The van der Waals surface area contributed by atoms with Gasteiger partial charge in [0.15, 0.2) is 0 Å². The van der Waals surface area contributed by atoms with Crippen LogP contribution in [-0.4, -0.2) is 26.3 Å². The van der Waals surface area contributed by atoms with Crippen LogP contribution in [0.25, 0.3) is 16.7 Å². The summed E-state index contributed by atoms with van der Waals surface area (Å²) < 4.78 is 1.19. The van der Waals surface area contributed by atoms with E-state index in [2.05, 4.69) is 15.3 Å². The van der Waals surface area contributed by atoms with E-state index in [-0.39, 0.29) is 16.9 Å². The maximum absolute atomic E-state index is 12.5. The smallest absolute Gasteiger partial charge is 0.262 e. The molecule has 3 N–H and O–H groups in total. The van der Waals surface area contributed by atoms with Crippen LogP contribution in [-0.2, 0) is 0 Å². The van der Waals surface area contributed by atoms with Crippen molar-refractivity contribution in [1.82, 2.24) is 19.9 Å². The normalized spacial score (nSPS) is 13.2. The Morgan fingerprint density at radius 3 is 2.36 bits per heavy atom. The zero-order chi connectivity index (χ0) is 17.9. The van der Waals surface area contributed by atoms with Crippen molar-refractivity contribution in [2.75, 3.05) is 5.73 Å². The number of pyridine rings is 1. The third-order valence-electron chi connectivity index (χ3n) is 4.27. The molecule has 0 fully saturated rings. The second-order valence-electron chi connectivity index (χ2n) is 5.84. The minimum absolute atomic E-state index is 0.00389. The molecule has 2 amide bonds. The predicted octanol–water partition coefficient (Wildman–Crippen LogP) is 0.863. The predicted molar refractivity (Wildman–Crippen MR) is 90.8 cm³/mol. The lowest BCUT2D eigenvalue weighted by Gasteiger charge is -2.12. The van der Waals surface area contributed by atoms with Gasteiger partial charge in [-0.15, -0.1) is 0 Å². The molecule has 0 unspecified atom stereocenters. The number of nitrogen functional groups attached to an aromatic ring is 1. The molecule has 0 bridgehead atoms. The van der Waals surface area contributed by atoms with Crippen LogP contribution in [0.4, 0.5) is 5.82 Å². The second kappa shape index (κ2) is 4.97. The average Bonchev–Trinajstić information content (AvgIpc) is 2.83. The van der Waals surface area contributed by atoms with Gasteiger partial charge in [0, 0.05) is 6.07 Å². The highest BCUT2D eigenvalue weighted by Crippen LogP contribution is 2.24. The number of imide groups is 1. The maximum atomic E-state index is 12.5. The van der Waals surface area contributed by atoms with Crippen LogP contribution in [0.1, 0.15) is 32.1 Å². The van der Waals surface area contributed by atoms with Gasteiger partial charge in [0.25, 0.3) is 17.4 Å². The van der Waals surface area contributed by atoms with Gasteiger partial charge in [0.1, 0.15) is 5.82 Å². The molecule has 1 aliphatic rings. The molecular formula is C17H13N5O3. The van der Waals surface area contributed by atoms with Gasteiger partial charge >= 0.3 is 0 Å². The van der Waals surface area contributed by atoms with E-state index in [9.17, 15) is 14.4 Å². The number of hydrogen-bond donors (Lipinski definition) is 2. The molecule has 0 spiro atoms. The molecule has 8 nitrogen and oxygen atoms in total. The standard InChI is InChI=1S/C17H13N5O3/c1-7-8(2)20-12-5-9(3-4-11(12)19-7)22-13(23)6-10-14(15(22)18)17(25)21-16(10)24/h3-6H,18H2,1-2H3,(H,21,24,25). The van der Waals surface area contributed by atoms with E-state index in [1.165, 1.54) is 4.57 Å². The van der Waals surface area contributed by atoms with Gasteiger partial charge in [-0.05, 0) is 32.0 Å². The molecule has 3 aromatic rings. The summed E-state index contributed by atoms with van der Waals surface area (Å²) >= 11 is 0. The topological polar surface area (TPSA) is 120 Å². The number of nitrogens with two attached hydrogens (primary N) is 1. The fraction of sp³-hybridized carbons (Fsp3) is 0.118. The average molecular weight is 335 g/mol. The number of carbonyl (C=O) groups excluding carboxylic acids is 2. The minimum Gasteiger partial charge on any atom is -0.384 e. The van der Waals surface area contributed by atoms with Gasteiger partial charge in [0.2, 0.25) is 0 Å². The van der Waals surface area contributed by atoms with Crippen molar-refractivity contribution in [3.05, 3.63) is 57.1 Å². The number of nitrogens with one attached hydrogen (secondary N) is 1. The first-order chi connectivity index (χ1) is 11.9. The fourth-order valence-electron chi connectivity index (χ4n) is 2.90. The Labute approximate surface area is 141 Å². The Bertz CT molecular complexity index is 1160.